The molecule has 1 aliphatic rings. The van der Waals surface area contributed by atoms with E-state index in [0.29, 0.717) is 0 Å². The molecule has 0 amide bonds. The summed E-state index contributed by atoms with van der Waals surface area (Å²) >= 11 is 3.46. The molecule has 1 aliphatic heterocycles. The first-order valence-electron chi connectivity index (χ1n) is 4.93. The predicted molar refractivity (Wildman–Crippen MR) is 62.0 cm³/mol. The summed E-state index contributed by atoms with van der Waals surface area (Å²) in [5.41, 5.74) is 1.09. The SMILES string of the molecule is COc1ccc(Br)cc1C1CNC(C)O1. The maximum absolute atomic E-state index is 5.73. The van der Waals surface area contributed by atoms with Crippen molar-refractivity contribution < 1.29 is 9.47 Å². The van der Waals surface area contributed by atoms with Gasteiger partial charge in [0.15, 0.2) is 0 Å². The number of rotatable bonds is 2. The monoisotopic (exact) mass is 271 g/mol. The van der Waals surface area contributed by atoms with Crippen LogP contribution in [0.25, 0.3) is 0 Å². The van der Waals surface area contributed by atoms with E-state index < -0.39 is 0 Å². The molecule has 1 N–H and O–H groups in total. The third-order valence-corrected chi connectivity index (χ3v) is 2.99. The Balaban J connectivity index is 2.29. The van der Waals surface area contributed by atoms with E-state index in [2.05, 4.69) is 21.2 Å². The fraction of sp³-hybridized carbons (Fsp3) is 0.455. The molecule has 0 spiro atoms. The fourth-order valence-corrected chi connectivity index (χ4v) is 2.13. The van der Waals surface area contributed by atoms with Crippen molar-refractivity contribution in [2.75, 3.05) is 13.7 Å². The second-order valence-electron chi connectivity index (χ2n) is 3.56. The molecule has 2 rings (SSSR count). The van der Waals surface area contributed by atoms with Crippen LogP contribution in [0.5, 0.6) is 5.75 Å². The van der Waals surface area contributed by atoms with E-state index in [9.17, 15) is 0 Å². The first kappa shape index (κ1) is 10.9. The maximum Gasteiger partial charge on any atom is 0.124 e. The second kappa shape index (κ2) is 4.51. The molecule has 0 radical (unpaired) electrons. The van der Waals surface area contributed by atoms with Gasteiger partial charge in [-0.2, -0.15) is 0 Å². The Morgan fingerprint density at radius 3 is 2.93 bits per heavy atom. The Labute approximate surface area is 97.9 Å². The summed E-state index contributed by atoms with van der Waals surface area (Å²) in [6, 6.07) is 5.96. The zero-order valence-electron chi connectivity index (χ0n) is 8.79. The van der Waals surface area contributed by atoms with Crippen LogP contribution in [0.3, 0.4) is 0 Å². The molecule has 2 atom stereocenters. The van der Waals surface area contributed by atoms with Gasteiger partial charge in [-0.1, -0.05) is 15.9 Å². The molecular weight excluding hydrogens is 258 g/mol. The molecule has 1 heterocycles. The summed E-state index contributed by atoms with van der Waals surface area (Å²) in [7, 11) is 1.68. The van der Waals surface area contributed by atoms with Crippen LogP contribution < -0.4 is 10.1 Å². The second-order valence-corrected chi connectivity index (χ2v) is 4.48. The summed E-state index contributed by atoms with van der Waals surface area (Å²) in [5, 5.41) is 3.25. The lowest BCUT2D eigenvalue weighted by Crippen LogP contribution is -2.17. The van der Waals surface area contributed by atoms with Crippen LogP contribution in [-0.2, 0) is 4.74 Å². The van der Waals surface area contributed by atoms with Crippen LogP contribution in [0.2, 0.25) is 0 Å². The van der Waals surface area contributed by atoms with Crippen molar-refractivity contribution in [2.24, 2.45) is 0 Å². The van der Waals surface area contributed by atoms with Crippen molar-refractivity contribution in [1.29, 1.82) is 0 Å². The number of hydrogen-bond acceptors (Lipinski definition) is 3. The van der Waals surface area contributed by atoms with Gasteiger partial charge in [0.05, 0.1) is 7.11 Å². The smallest absolute Gasteiger partial charge is 0.124 e. The number of benzene rings is 1. The molecule has 1 saturated heterocycles. The first-order chi connectivity index (χ1) is 7.20. The van der Waals surface area contributed by atoms with Gasteiger partial charge in [-0.3, -0.25) is 5.32 Å². The van der Waals surface area contributed by atoms with Crippen molar-refractivity contribution >= 4 is 15.9 Å². The minimum Gasteiger partial charge on any atom is -0.496 e. The summed E-state index contributed by atoms with van der Waals surface area (Å²) in [6.45, 7) is 2.83. The van der Waals surface area contributed by atoms with Crippen LogP contribution in [0.15, 0.2) is 22.7 Å². The molecule has 2 unspecified atom stereocenters. The highest BCUT2D eigenvalue weighted by Crippen LogP contribution is 2.32. The van der Waals surface area contributed by atoms with E-state index in [0.717, 1.165) is 22.3 Å². The summed E-state index contributed by atoms with van der Waals surface area (Å²) < 4.78 is 12.1. The van der Waals surface area contributed by atoms with Crippen molar-refractivity contribution in [2.45, 2.75) is 19.3 Å². The summed E-state index contributed by atoms with van der Waals surface area (Å²) in [4.78, 5) is 0. The fourth-order valence-electron chi connectivity index (χ4n) is 1.76. The Morgan fingerprint density at radius 2 is 2.33 bits per heavy atom. The minimum atomic E-state index is 0.0763. The molecule has 4 heteroatoms. The van der Waals surface area contributed by atoms with E-state index in [1.54, 1.807) is 7.11 Å². The van der Waals surface area contributed by atoms with Crippen LogP contribution in [-0.4, -0.2) is 19.9 Å². The molecule has 0 aliphatic carbocycles. The zero-order valence-corrected chi connectivity index (χ0v) is 10.4. The molecule has 15 heavy (non-hydrogen) atoms. The van der Waals surface area contributed by atoms with Gasteiger partial charge in [0.2, 0.25) is 0 Å². The van der Waals surface area contributed by atoms with Crippen LogP contribution in [0.4, 0.5) is 0 Å². The average Bonchev–Trinajstić information content (AvgIpc) is 2.65. The minimum absolute atomic E-state index is 0.0763. The van der Waals surface area contributed by atoms with E-state index in [4.69, 9.17) is 9.47 Å². The topological polar surface area (TPSA) is 30.5 Å². The lowest BCUT2D eigenvalue weighted by molar-refractivity contribution is 0.0516. The highest BCUT2D eigenvalue weighted by Gasteiger charge is 2.25. The number of hydrogen-bond donors (Lipinski definition) is 1. The molecule has 0 aromatic heterocycles. The third kappa shape index (κ3) is 2.33. The van der Waals surface area contributed by atoms with Gasteiger partial charge in [0, 0.05) is 16.6 Å². The predicted octanol–water partition coefficient (Wildman–Crippen LogP) is 2.46. The van der Waals surface area contributed by atoms with Crippen LogP contribution in [0, 0.1) is 0 Å². The third-order valence-electron chi connectivity index (χ3n) is 2.50. The normalized spacial score (nSPS) is 25.5. The largest absolute Gasteiger partial charge is 0.496 e. The van der Waals surface area contributed by atoms with Gasteiger partial charge in [-0.05, 0) is 25.1 Å². The van der Waals surface area contributed by atoms with Gasteiger partial charge >= 0.3 is 0 Å². The number of ether oxygens (including phenoxy) is 2. The quantitative estimate of drug-likeness (QED) is 0.897. The Morgan fingerprint density at radius 1 is 1.53 bits per heavy atom. The van der Waals surface area contributed by atoms with Crippen molar-refractivity contribution in [3.05, 3.63) is 28.2 Å². The molecular formula is C11H14BrNO2. The Hall–Kier alpha value is -0.580. The van der Waals surface area contributed by atoms with E-state index >= 15 is 0 Å². The van der Waals surface area contributed by atoms with Crippen LogP contribution in [0.1, 0.15) is 18.6 Å². The highest BCUT2D eigenvalue weighted by atomic mass is 79.9. The Bertz CT molecular complexity index is 356. The first-order valence-corrected chi connectivity index (χ1v) is 5.72. The molecule has 3 nitrogen and oxygen atoms in total. The van der Waals surface area contributed by atoms with Crippen LogP contribution >= 0.6 is 15.9 Å². The van der Waals surface area contributed by atoms with Crippen molar-refractivity contribution in [3.8, 4) is 5.75 Å². The van der Waals surface area contributed by atoms with E-state index in [1.807, 2.05) is 25.1 Å². The molecule has 0 bridgehead atoms. The summed E-state index contributed by atoms with van der Waals surface area (Å²) in [5.74, 6) is 0.874. The summed E-state index contributed by atoms with van der Waals surface area (Å²) in [6.07, 6.45) is 0.186. The average molecular weight is 272 g/mol. The molecule has 0 saturated carbocycles. The van der Waals surface area contributed by atoms with Gasteiger partial charge < -0.3 is 9.47 Å². The Kier molecular flexibility index (Phi) is 3.29. The van der Waals surface area contributed by atoms with E-state index in [1.165, 1.54) is 0 Å². The number of nitrogens with one attached hydrogen (secondary N) is 1. The number of halogens is 1. The molecule has 1 aromatic carbocycles. The standard InChI is InChI=1S/C11H14BrNO2/c1-7-13-6-11(15-7)9-5-8(12)3-4-10(9)14-2/h3-5,7,11,13H,6H2,1-2H3. The van der Waals surface area contributed by atoms with Gasteiger partial charge in [-0.25, -0.2) is 0 Å². The molecule has 82 valence electrons. The van der Waals surface area contributed by atoms with Crippen molar-refractivity contribution in [1.82, 2.24) is 5.32 Å². The van der Waals surface area contributed by atoms with Gasteiger partial charge in [0.25, 0.3) is 0 Å². The zero-order chi connectivity index (χ0) is 10.8. The van der Waals surface area contributed by atoms with Crippen molar-refractivity contribution in [3.63, 3.8) is 0 Å². The van der Waals surface area contributed by atoms with E-state index in [-0.39, 0.29) is 12.3 Å². The highest BCUT2D eigenvalue weighted by molar-refractivity contribution is 9.10. The molecule has 1 fully saturated rings. The molecule has 1 aromatic rings. The van der Waals surface area contributed by atoms with Gasteiger partial charge in [0.1, 0.15) is 18.1 Å². The number of methoxy groups -OCH3 is 1. The lowest BCUT2D eigenvalue weighted by atomic mass is 10.1. The van der Waals surface area contributed by atoms with Gasteiger partial charge in [-0.15, -0.1) is 0 Å². The lowest BCUT2D eigenvalue weighted by Gasteiger charge is -2.14. The maximum atomic E-state index is 5.73.